The van der Waals surface area contributed by atoms with E-state index in [1.807, 2.05) is 13.0 Å². The fourth-order valence-electron chi connectivity index (χ4n) is 2.01. The third kappa shape index (κ3) is 3.00. The van der Waals surface area contributed by atoms with Crippen LogP contribution in [0.1, 0.15) is 31.9 Å². The minimum atomic E-state index is -0.225. The van der Waals surface area contributed by atoms with Crippen LogP contribution in [0.4, 0.5) is 4.39 Å². The highest BCUT2D eigenvalue weighted by molar-refractivity contribution is 8.00. The molecule has 1 heterocycles. The number of rotatable bonds is 3. The molecule has 3 unspecified atom stereocenters. The van der Waals surface area contributed by atoms with Gasteiger partial charge in [0, 0.05) is 22.8 Å². The minimum absolute atomic E-state index is 0.147. The zero-order valence-corrected chi connectivity index (χ0v) is 11.0. The molecular weight excluding hydrogens is 237 g/mol. The van der Waals surface area contributed by atoms with Crippen LogP contribution in [-0.2, 0) is 4.74 Å². The Kier molecular flexibility index (Phi) is 4.07. The lowest BCUT2D eigenvalue weighted by atomic mass is 10.1. The average Bonchev–Trinajstić information content (AvgIpc) is 2.67. The molecule has 0 aliphatic carbocycles. The summed E-state index contributed by atoms with van der Waals surface area (Å²) in [6.45, 7) is 4.78. The molecule has 4 heteroatoms. The first-order chi connectivity index (χ1) is 8.08. The van der Waals surface area contributed by atoms with Crippen molar-refractivity contribution in [1.82, 2.24) is 0 Å². The maximum Gasteiger partial charge on any atom is 0.123 e. The number of nitrogens with two attached hydrogens (primary N) is 1. The van der Waals surface area contributed by atoms with Gasteiger partial charge in [-0.2, -0.15) is 0 Å². The van der Waals surface area contributed by atoms with E-state index < -0.39 is 0 Å². The first kappa shape index (κ1) is 12.9. The van der Waals surface area contributed by atoms with E-state index in [1.165, 1.54) is 12.1 Å². The van der Waals surface area contributed by atoms with Gasteiger partial charge in [-0.3, -0.25) is 0 Å². The van der Waals surface area contributed by atoms with Crippen LogP contribution in [0, 0.1) is 5.82 Å². The molecule has 2 nitrogen and oxygen atoms in total. The molecule has 0 radical (unpaired) electrons. The highest BCUT2D eigenvalue weighted by Gasteiger charge is 2.26. The van der Waals surface area contributed by atoms with Crippen molar-refractivity contribution in [2.75, 3.05) is 6.61 Å². The molecule has 1 aliphatic rings. The van der Waals surface area contributed by atoms with Gasteiger partial charge in [0.1, 0.15) is 5.82 Å². The second-order valence-electron chi connectivity index (χ2n) is 4.49. The summed E-state index contributed by atoms with van der Waals surface area (Å²) in [5, 5.41) is 0.443. The summed E-state index contributed by atoms with van der Waals surface area (Å²) >= 11 is 1.75. The van der Waals surface area contributed by atoms with Gasteiger partial charge >= 0.3 is 0 Å². The SMILES string of the molecule is CC(N)c1cc(F)ccc1SC1CCOC1C. The van der Waals surface area contributed by atoms with Gasteiger partial charge in [-0.1, -0.05) is 0 Å². The van der Waals surface area contributed by atoms with Crippen LogP contribution < -0.4 is 5.73 Å². The monoisotopic (exact) mass is 255 g/mol. The van der Waals surface area contributed by atoms with E-state index >= 15 is 0 Å². The average molecular weight is 255 g/mol. The van der Waals surface area contributed by atoms with Gasteiger partial charge in [-0.25, -0.2) is 4.39 Å². The zero-order valence-electron chi connectivity index (χ0n) is 10.2. The van der Waals surface area contributed by atoms with Gasteiger partial charge in [0.2, 0.25) is 0 Å². The molecule has 17 heavy (non-hydrogen) atoms. The summed E-state index contributed by atoms with van der Waals surface area (Å²) < 4.78 is 18.7. The maximum absolute atomic E-state index is 13.2. The van der Waals surface area contributed by atoms with E-state index in [4.69, 9.17) is 10.5 Å². The molecule has 0 bridgehead atoms. The van der Waals surface area contributed by atoms with Crippen LogP contribution in [0.5, 0.6) is 0 Å². The Morgan fingerprint density at radius 3 is 2.88 bits per heavy atom. The lowest BCUT2D eigenvalue weighted by Crippen LogP contribution is -2.14. The molecule has 1 fully saturated rings. The number of hydrogen-bond acceptors (Lipinski definition) is 3. The van der Waals surface area contributed by atoms with Crippen molar-refractivity contribution in [1.29, 1.82) is 0 Å². The van der Waals surface area contributed by atoms with Crippen LogP contribution in [-0.4, -0.2) is 18.0 Å². The molecule has 0 amide bonds. The molecular formula is C13H18FNOS. The van der Waals surface area contributed by atoms with Crippen molar-refractivity contribution in [3.8, 4) is 0 Å². The minimum Gasteiger partial charge on any atom is -0.377 e. The number of thioether (sulfide) groups is 1. The predicted molar refractivity (Wildman–Crippen MR) is 68.7 cm³/mol. The van der Waals surface area contributed by atoms with Crippen LogP contribution in [0.3, 0.4) is 0 Å². The van der Waals surface area contributed by atoms with E-state index in [0.717, 1.165) is 23.5 Å². The third-order valence-corrected chi connectivity index (χ3v) is 4.59. The van der Waals surface area contributed by atoms with E-state index in [2.05, 4.69) is 6.92 Å². The van der Waals surface area contributed by atoms with E-state index in [1.54, 1.807) is 11.8 Å². The van der Waals surface area contributed by atoms with Gasteiger partial charge < -0.3 is 10.5 Å². The topological polar surface area (TPSA) is 35.2 Å². The van der Waals surface area contributed by atoms with Crippen molar-refractivity contribution in [3.63, 3.8) is 0 Å². The fraction of sp³-hybridized carbons (Fsp3) is 0.538. The Bertz CT molecular complexity index is 397. The van der Waals surface area contributed by atoms with Gasteiger partial charge in [0.05, 0.1) is 6.10 Å². The van der Waals surface area contributed by atoms with Crippen molar-refractivity contribution in [3.05, 3.63) is 29.6 Å². The van der Waals surface area contributed by atoms with E-state index in [0.29, 0.717) is 5.25 Å². The molecule has 2 rings (SSSR count). The van der Waals surface area contributed by atoms with Crippen molar-refractivity contribution in [2.45, 2.75) is 42.6 Å². The first-order valence-electron chi connectivity index (χ1n) is 5.91. The summed E-state index contributed by atoms with van der Waals surface area (Å²) in [5.74, 6) is -0.225. The van der Waals surface area contributed by atoms with Gasteiger partial charge in [-0.15, -0.1) is 11.8 Å². The number of ether oxygens (including phenoxy) is 1. The van der Waals surface area contributed by atoms with Gasteiger partial charge in [0.25, 0.3) is 0 Å². The normalized spacial score (nSPS) is 26.1. The third-order valence-electron chi connectivity index (χ3n) is 3.05. The summed E-state index contributed by atoms with van der Waals surface area (Å²) in [6, 6.07) is 4.71. The molecule has 1 aromatic carbocycles. The lowest BCUT2D eigenvalue weighted by molar-refractivity contribution is 0.127. The number of benzene rings is 1. The Morgan fingerprint density at radius 1 is 1.53 bits per heavy atom. The maximum atomic E-state index is 13.2. The number of hydrogen-bond donors (Lipinski definition) is 1. The van der Waals surface area contributed by atoms with Crippen molar-refractivity contribution < 1.29 is 9.13 Å². The highest BCUT2D eigenvalue weighted by atomic mass is 32.2. The molecule has 1 saturated heterocycles. The smallest absolute Gasteiger partial charge is 0.123 e. The number of halogens is 1. The molecule has 1 aromatic rings. The van der Waals surface area contributed by atoms with E-state index in [9.17, 15) is 4.39 Å². The van der Waals surface area contributed by atoms with Crippen molar-refractivity contribution >= 4 is 11.8 Å². The molecule has 2 N–H and O–H groups in total. The van der Waals surface area contributed by atoms with Crippen molar-refractivity contribution in [2.24, 2.45) is 5.73 Å². The highest BCUT2D eigenvalue weighted by Crippen LogP contribution is 2.36. The van der Waals surface area contributed by atoms with Crippen LogP contribution in [0.15, 0.2) is 23.1 Å². The van der Waals surface area contributed by atoms with Crippen LogP contribution >= 0.6 is 11.8 Å². The Hall–Kier alpha value is -0.580. The zero-order chi connectivity index (χ0) is 12.4. The first-order valence-corrected chi connectivity index (χ1v) is 6.79. The molecule has 0 saturated carbocycles. The fourth-order valence-corrected chi connectivity index (χ4v) is 3.35. The largest absolute Gasteiger partial charge is 0.377 e. The Morgan fingerprint density at radius 2 is 2.29 bits per heavy atom. The Balaban J connectivity index is 2.19. The summed E-state index contributed by atoms with van der Waals surface area (Å²) in [7, 11) is 0. The second-order valence-corrected chi connectivity index (χ2v) is 5.77. The molecule has 3 atom stereocenters. The predicted octanol–water partition coefficient (Wildman–Crippen LogP) is 3.11. The summed E-state index contributed by atoms with van der Waals surface area (Å²) in [4.78, 5) is 1.07. The Labute approximate surface area is 106 Å². The van der Waals surface area contributed by atoms with E-state index in [-0.39, 0.29) is 18.0 Å². The molecule has 1 aliphatic heterocycles. The lowest BCUT2D eigenvalue weighted by Gasteiger charge is -2.17. The quantitative estimate of drug-likeness (QED) is 0.901. The van der Waals surface area contributed by atoms with Crippen LogP contribution in [0.25, 0.3) is 0 Å². The molecule has 0 spiro atoms. The molecule has 0 aromatic heterocycles. The van der Waals surface area contributed by atoms with Crippen LogP contribution in [0.2, 0.25) is 0 Å². The summed E-state index contributed by atoms with van der Waals surface area (Å²) in [6.07, 6.45) is 1.30. The standard InChI is InChI=1S/C13H18FNOS/c1-8(15)11-7-10(14)3-4-13(11)17-12-5-6-16-9(12)2/h3-4,7-9,12H,5-6,15H2,1-2H3. The molecule has 94 valence electrons. The van der Waals surface area contributed by atoms with Gasteiger partial charge in [-0.05, 0) is 44.0 Å². The van der Waals surface area contributed by atoms with Gasteiger partial charge in [0.15, 0.2) is 0 Å². The summed E-state index contributed by atoms with van der Waals surface area (Å²) in [5.41, 5.74) is 6.76. The second kappa shape index (κ2) is 5.38.